The average Bonchev–Trinajstić information content (AvgIpc) is 2.27. The van der Waals surface area contributed by atoms with Crippen LogP contribution in [0, 0.1) is 11.3 Å². The lowest BCUT2D eigenvalue weighted by atomic mass is 10.1. The molecular weight excluding hydrogens is 244 g/mol. The number of carbonyl (C=O) groups is 1. The highest BCUT2D eigenvalue weighted by Crippen LogP contribution is 2.23. The fourth-order valence-electron chi connectivity index (χ4n) is 1.51. The molecule has 0 saturated carbocycles. The van der Waals surface area contributed by atoms with Gasteiger partial charge in [0, 0.05) is 12.1 Å². The van der Waals surface area contributed by atoms with Crippen LogP contribution in [0.5, 0.6) is 5.75 Å². The fraction of sp³-hybridized carbons (Fsp3) is 0.429. The smallest absolute Gasteiger partial charge is 0.412 e. The Balaban J connectivity index is 2.82. The Labute approximate surface area is 112 Å². The number of benzene rings is 1. The molecule has 0 spiro atoms. The van der Waals surface area contributed by atoms with E-state index in [4.69, 9.17) is 10.00 Å². The predicted molar refractivity (Wildman–Crippen MR) is 71.9 cm³/mol. The van der Waals surface area contributed by atoms with Crippen LogP contribution in [-0.2, 0) is 11.2 Å². The molecule has 0 fully saturated rings. The predicted octanol–water partition coefficient (Wildman–Crippen LogP) is 3.20. The molecule has 0 unspecified atom stereocenters. The van der Waals surface area contributed by atoms with Crippen molar-refractivity contribution in [1.82, 2.24) is 0 Å². The van der Waals surface area contributed by atoms with Gasteiger partial charge >= 0.3 is 6.09 Å². The second-order valence-electron chi connectivity index (χ2n) is 5.13. The zero-order chi connectivity index (χ0) is 14.5. The summed E-state index contributed by atoms with van der Waals surface area (Å²) in [4.78, 5) is 11.7. The Bertz CT molecular complexity index is 498. The number of amides is 1. The minimum absolute atomic E-state index is 0.0997. The van der Waals surface area contributed by atoms with Gasteiger partial charge in [0.2, 0.25) is 0 Å². The van der Waals surface area contributed by atoms with Gasteiger partial charge in [-0.1, -0.05) is 0 Å². The molecule has 102 valence electrons. The van der Waals surface area contributed by atoms with Gasteiger partial charge in [0.1, 0.15) is 11.4 Å². The summed E-state index contributed by atoms with van der Waals surface area (Å²) in [6.07, 6.45) is 0.207. The van der Waals surface area contributed by atoms with Crippen LogP contribution in [0.2, 0.25) is 0 Å². The molecule has 0 radical (unpaired) electrons. The number of nitrogens with one attached hydrogen (secondary N) is 1. The van der Waals surface area contributed by atoms with Crippen LogP contribution in [0.15, 0.2) is 18.2 Å². The molecule has 1 aromatic rings. The summed E-state index contributed by atoms with van der Waals surface area (Å²) >= 11 is 0. The second-order valence-corrected chi connectivity index (χ2v) is 5.13. The first-order valence-electron chi connectivity index (χ1n) is 6.00. The largest absolute Gasteiger partial charge is 0.508 e. The molecule has 1 rings (SSSR count). The third-order valence-corrected chi connectivity index (χ3v) is 2.23. The van der Waals surface area contributed by atoms with Gasteiger partial charge in [-0.25, -0.2) is 4.79 Å². The number of anilines is 1. The molecule has 19 heavy (non-hydrogen) atoms. The van der Waals surface area contributed by atoms with Crippen LogP contribution in [0.25, 0.3) is 0 Å². The van der Waals surface area contributed by atoms with Crippen LogP contribution in [0.1, 0.15) is 32.8 Å². The molecule has 0 heterocycles. The summed E-state index contributed by atoms with van der Waals surface area (Å²) in [5, 5.41) is 20.7. The highest BCUT2D eigenvalue weighted by molar-refractivity contribution is 5.86. The number of ether oxygens (including phenoxy) is 1. The quantitative estimate of drug-likeness (QED) is 0.819. The molecule has 1 amide bonds. The molecule has 5 heteroatoms. The number of phenols is 1. The summed E-state index contributed by atoms with van der Waals surface area (Å²) in [6.45, 7) is 5.33. The highest BCUT2D eigenvalue weighted by Gasteiger charge is 2.17. The summed E-state index contributed by atoms with van der Waals surface area (Å²) in [5.41, 5.74) is 0.670. The lowest BCUT2D eigenvalue weighted by molar-refractivity contribution is 0.0635. The molecule has 0 saturated heterocycles. The van der Waals surface area contributed by atoms with Crippen molar-refractivity contribution in [2.45, 2.75) is 39.2 Å². The average molecular weight is 262 g/mol. The fourth-order valence-corrected chi connectivity index (χ4v) is 1.51. The van der Waals surface area contributed by atoms with Crippen molar-refractivity contribution >= 4 is 11.8 Å². The van der Waals surface area contributed by atoms with E-state index in [1.165, 1.54) is 12.1 Å². The van der Waals surface area contributed by atoms with Crippen LogP contribution in [0.4, 0.5) is 10.5 Å². The van der Waals surface area contributed by atoms with E-state index in [1.807, 2.05) is 6.07 Å². The number of rotatable bonds is 3. The number of hydrogen-bond acceptors (Lipinski definition) is 4. The Morgan fingerprint density at radius 3 is 2.74 bits per heavy atom. The number of hydrogen-bond donors (Lipinski definition) is 2. The Morgan fingerprint density at radius 1 is 1.47 bits per heavy atom. The molecule has 2 N–H and O–H groups in total. The summed E-state index contributed by atoms with van der Waals surface area (Å²) in [6, 6.07) is 6.62. The number of nitriles is 1. The molecule has 0 aliphatic heterocycles. The van der Waals surface area contributed by atoms with Crippen molar-refractivity contribution in [2.75, 3.05) is 5.32 Å². The molecule has 0 aliphatic rings. The summed E-state index contributed by atoms with van der Waals surface area (Å²) in [5.74, 6) is 0.0997. The van der Waals surface area contributed by atoms with Crippen LogP contribution < -0.4 is 5.32 Å². The Hall–Kier alpha value is -2.22. The third-order valence-electron chi connectivity index (χ3n) is 2.23. The van der Waals surface area contributed by atoms with E-state index in [0.717, 1.165) is 0 Å². The van der Waals surface area contributed by atoms with Gasteiger partial charge in [0.25, 0.3) is 0 Å². The normalized spacial score (nSPS) is 10.6. The van der Waals surface area contributed by atoms with E-state index in [9.17, 15) is 9.90 Å². The number of aryl methyl sites for hydroxylation is 1. The van der Waals surface area contributed by atoms with Crippen molar-refractivity contribution in [3.8, 4) is 11.8 Å². The standard InChI is InChI=1S/C14H18N2O3/c1-14(2,3)19-13(18)16-12-7-6-11(17)9-10(12)5-4-8-15/h6-7,9,17H,4-5H2,1-3H3,(H,16,18). The molecular formula is C14H18N2O3. The first-order chi connectivity index (χ1) is 8.81. The minimum Gasteiger partial charge on any atom is -0.508 e. The maximum absolute atomic E-state index is 11.7. The van der Waals surface area contributed by atoms with Crippen molar-refractivity contribution < 1.29 is 14.6 Å². The molecule has 0 atom stereocenters. The van der Waals surface area contributed by atoms with Gasteiger partial charge < -0.3 is 9.84 Å². The van der Waals surface area contributed by atoms with Crippen LogP contribution in [0.3, 0.4) is 0 Å². The molecule has 0 aromatic heterocycles. The summed E-state index contributed by atoms with van der Waals surface area (Å²) < 4.78 is 5.15. The second kappa shape index (κ2) is 6.10. The SMILES string of the molecule is CC(C)(C)OC(=O)Nc1ccc(O)cc1CCC#N. The van der Waals surface area contributed by atoms with Crippen molar-refractivity contribution in [2.24, 2.45) is 0 Å². The van der Waals surface area contributed by atoms with Gasteiger partial charge in [-0.15, -0.1) is 0 Å². The van der Waals surface area contributed by atoms with Gasteiger partial charge in [0.05, 0.1) is 6.07 Å². The molecule has 5 nitrogen and oxygen atoms in total. The van der Waals surface area contributed by atoms with E-state index < -0.39 is 11.7 Å². The number of aromatic hydroxyl groups is 1. The van der Waals surface area contributed by atoms with Gasteiger partial charge in [-0.05, 0) is 51.0 Å². The van der Waals surface area contributed by atoms with Gasteiger partial charge in [-0.3, -0.25) is 5.32 Å². The highest BCUT2D eigenvalue weighted by atomic mass is 16.6. The lowest BCUT2D eigenvalue weighted by Crippen LogP contribution is -2.27. The first kappa shape index (κ1) is 14.8. The molecule has 0 bridgehead atoms. The van der Waals surface area contributed by atoms with Crippen molar-refractivity contribution in [1.29, 1.82) is 5.26 Å². The maximum Gasteiger partial charge on any atom is 0.412 e. The number of nitrogens with zero attached hydrogens (tertiary/aromatic N) is 1. The van der Waals surface area contributed by atoms with E-state index in [2.05, 4.69) is 5.32 Å². The van der Waals surface area contributed by atoms with Gasteiger partial charge in [0.15, 0.2) is 0 Å². The van der Waals surface area contributed by atoms with E-state index >= 15 is 0 Å². The zero-order valence-electron chi connectivity index (χ0n) is 11.4. The molecule has 1 aromatic carbocycles. The van der Waals surface area contributed by atoms with E-state index in [0.29, 0.717) is 24.1 Å². The van der Waals surface area contributed by atoms with Crippen LogP contribution >= 0.6 is 0 Å². The summed E-state index contributed by atoms with van der Waals surface area (Å²) in [7, 11) is 0. The van der Waals surface area contributed by atoms with Gasteiger partial charge in [-0.2, -0.15) is 5.26 Å². The van der Waals surface area contributed by atoms with E-state index in [1.54, 1.807) is 26.8 Å². The van der Waals surface area contributed by atoms with E-state index in [-0.39, 0.29) is 5.75 Å². The monoisotopic (exact) mass is 262 g/mol. The minimum atomic E-state index is -0.576. The maximum atomic E-state index is 11.7. The zero-order valence-corrected chi connectivity index (χ0v) is 11.4. The number of phenolic OH excluding ortho intramolecular Hbond substituents is 1. The van der Waals surface area contributed by atoms with Crippen molar-refractivity contribution in [3.63, 3.8) is 0 Å². The Morgan fingerprint density at radius 2 is 2.16 bits per heavy atom. The lowest BCUT2D eigenvalue weighted by Gasteiger charge is -2.20. The topological polar surface area (TPSA) is 82.3 Å². The first-order valence-corrected chi connectivity index (χ1v) is 6.00. The molecule has 0 aliphatic carbocycles. The van der Waals surface area contributed by atoms with Crippen LogP contribution in [-0.4, -0.2) is 16.8 Å². The number of carbonyl (C=O) groups excluding carboxylic acids is 1. The third kappa shape index (κ3) is 5.30. The van der Waals surface area contributed by atoms with Crippen molar-refractivity contribution in [3.05, 3.63) is 23.8 Å². The Kier molecular flexibility index (Phi) is 4.76.